The zero-order valence-corrected chi connectivity index (χ0v) is 22.0. The van der Waals surface area contributed by atoms with E-state index in [2.05, 4.69) is 20.7 Å². The summed E-state index contributed by atoms with van der Waals surface area (Å²) in [6, 6.07) is 22.5. The molecule has 0 saturated heterocycles. The summed E-state index contributed by atoms with van der Waals surface area (Å²) < 4.78 is 13.1. The summed E-state index contributed by atoms with van der Waals surface area (Å²) in [4.78, 5) is 12.5. The molecule has 1 aromatic heterocycles. The Labute approximate surface area is 224 Å². The highest BCUT2D eigenvalue weighted by molar-refractivity contribution is 7.99. The van der Waals surface area contributed by atoms with Gasteiger partial charge in [-0.25, -0.2) is 5.43 Å². The van der Waals surface area contributed by atoms with Gasteiger partial charge < -0.3 is 9.47 Å². The number of benzene rings is 3. The van der Waals surface area contributed by atoms with E-state index in [1.165, 1.54) is 11.8 Å². The maximum atomic E-state index is 12.5. The van der Waals surface area contributed by atoms with Crippen LogP contribution in [0.1, 0.15) is 19.4 Å². The van der Waals surface area contributed by atoms with Crippen molar-refractivity contribution in [3.63, 3.8) is 0 Å². The number of carbonyl (C=O) groups is 1. The van der Waals surface area contributed by atoms with Crippen LogP contribution in [-0.2, 0) is 4.79 Å². The number of hydrogen-bond acceptors (Lipinski definition) is 7. The van der Waals surface area contributed by atoms with Crippen molar-refractivity contribution in [1.82, 2.24) is 20.2 Å². The summed E-state index contributed by atoms with van der Waals surface area (Å²) in [5, 5.41) is 14.0. The minimum atomic E-state index is -0.274. The van der Waals surface area contributed by atoms with Gasteiger partial charge in [0.2, 0.25) is 0 Å². The summed E-state index contributed by atoms with van der Waals surface area (Å²) in [7, 11) is 0. The zero-order chi connectivity index (χ0) is 26.0. The number of rotatable bonds is 11. The van der Waals surface area contributed by atoms with Gasteiger partial charge in [0, 0.05) is 21.8 Å². The molecule has 8 nitrogen and oxygen atoms in total. The van der Waals surface area contributed by atoms with E-state index in [0.717, 1.165) is 22.6 Å². The Morgan fingerprint density at radius 3 is 2.46 bits per heavy atom. The predicted molar refractivity (Wildman–Crippen MR) is 147 cm³/mol. The van der Waals surface area contributed by atoms with E-state index in [9.17, 15) is 4.79 Å². The first-order chi connectivity index (χ1) is 18.1. The van der Waals surface area contributed by atoms with E-state index in [0.29, 0.717) is 35.0 Å². The van der Waals surface area contributed by atoms with Crippen molar-refractivity contribution in [2.45, 2.75) is 19.0 Å². The third kappa shape index (κ3) is 6.90. The Balaban J connectivity index is 1.51. The fourth-order valence-electron chi connectivity index (χ4n) is 3.45. The SMILES string of the molecule is CCOc1ccc(-n2c(SCC(=O)NN=Cc3ccccc3OCC)nnc2-c2ccc(Cl)cc2)cc1. The molecule has 0 aliphatic carbocycles. The summed E-state index contributed by atoms with van der Waals surface area (Å²) in [5.74, 6) is 1.93. The predicted octanol–water partition coefficient (Wildman–Crippen LogP) is 5.63. The van der Waals surface area contributed by atoms with Crippen LogP contribution in [0.25, 0.3) is 17.1 Å². The highest BCUT2D eigenvalue weighted by Crippen LogP contribution is 2.29. The second-order valence-electron chi connectivity index (χ2n) is 7.63. The number of hydrogen-bond donors (Lipinski definition) is 1. The number of thioether (sulfide) groups is 1. The normalized spacial score (nSPS) is 11.0. The van der Waals surface area contributed by atoms with Crippen molar-refractivity contribution in [2.75, 3.05) is 19.0 Å². The van der Waals surface area contributed by atoms with E-state index >= 15 is 0 Å². The fourth-order valence-corrected chi connectivity index (χ4v) is 4.32. The molecule has 0 fully saturated rings. The topological polar surface area (TPSA) is 90.6 Å². The quantitative estimate of drug-likeness (QED) is 0.152. The molecule has 4 aromatic rings. The van der Waals surface area contributed by atoms with Crippen molar-refractivity contribution < 1.29 is 14.3 Å². The highest BCUT2D eigenvalue weighted by Gasteiger charge is 2.17. The Hall–Kier alpha value is -3.82. The average Bonchev–Trinajstić information content (AvgIpc) is 3.33. The minimum Gasteiger partial charge on any atom is -0.494 e. The number of halogens is 1. The molecule has 0 aliphatic rings. The van der Waals surface area contributed by atoms with Crippen LogP contribution in [0, 0.1) is 0 Å². The number of aromatic nitrogens is 3. The van der Waals surface area contributed by atoms with Gasteiger partial charge in [0.05, 0.1) is 25.2 Å². The molecule has 1 N–H and O–H groups in total. The maximum Gasteiger partial charge on any atom is 0.250 e. The molecule has 10 heteroatoms. The fraction of sp³-hybridized carbons (Fsp3) is 0.185. The monoisotopic (exact) mass is 535 g/mol. The number of para-hydroxylation sites is 1. The van der Waals surface area contributed by atoms with Crippen molar-refractivity contribution in [3.05, 3.63) is 83.4 Å². The Bertz CT molecular complexity index is 1360. The largest absolute Gasteiger partial charge is 0.494 e. The van der Waals surface area contributed by atoms with E-state index in [-0.39, 0.29) is 11.7 Å². The second kappa shape index (κ2) is 12.9. The van der Waals surface area contributed by atoms with Gasteiger partial charge in [-0.1, -0.05) is 35.5 Å². The van der Waals surface area contributed by atoms with Crippen LogP contribution in [0.2, 0.25) is 5.02 Å². The van der Waals surface area contributed by atoms with Crippen LogP contribution in [0.15, 0.2) is 83.1 Å². The second-order valence-corrected chi connectivity index (χ2v) is 9.01. The molecule has 3 aromatic carbocycles. The first-order valence-electron chi connectivity index (χ1n) is 11.7. The maximum absolute atomic E-state index is 12.5. The third-order valence-corrected chi connectivity index (χ3v) is 6.27. The summed E-state index contributed by atoms with van der Waals surface area (Å²) >= 11 is 7.34. The van der Waals surface area contributed by atoms with Crippen LogP contribution >= 0.6 is 23.4 Å². The minimum absolute atomic E-state index is 0.0974. The van der Waals surface area contributed by atoms with Gasteiger partial charge in [0.25, 0.3) is 5.91 Å². The molecule has 0 bridgehead atoms. The number of nitrogens with one attached hydrogen (secondary N) is 1. The van der Waals surface area contributed by atoms with Crippen LogP contribution < -0.4 is 14.9 Å². The molecule has 37 heavy (non-hydrogen) atoms. The molecule has 0 spiro atoms. The molecule has 4 rings (SSSR count). The smallest absolute Gasteiger partial charge is 0.250 e. The standard InChI is InChI=1S/C27H26ClN5O3S/c1-3-35-23-15-13-22(14-16-23)33-26(19-9-11-21(28)12-10-19)31-32-27(33)37-18-25(34)30-29-17-20-7-5-6-8-24(20)36-4-2/h5-17H,3-4,18H2,1-2H3,(H,30,34). The van der Waals surface area contributed by atoms with Gasteiger partial charge >= 0.3 is 0 Å². The average molecular weight is 536 g/mol. The molecular weight excluding hydrogens is 510 g/mol. The van der Waals surface area contributed by atoms with Gasteiger partial charge in [0.1, 0.15) is 11.5 Å². The number of amides is 1. The van der Waals surface area contributed by atoms with Gasteiger partial charge in [-0.2, -0.15) is 5.10 Å². The molecule has 190 valence electrons. The summed E-state index contributed by atoms with van der Waals surface area (Å²) in [5.41, 5.74) is 5.03. The van der Waals surface area contributed by atoms with E-state index in [1.54, 1.807) is 18.3 Å². The molecule has 0 aliphatic heterocycles. The first-order valence-corrected chi connectivity index (χ1v) is 13.1. The van der Waals surface area contributed by atoms with Crippen molar-refractivity contribution in [2.24, 2.45) is 5.10 Å². The zero-order valence-electron chi connectivity index (χ0n) is 20.4. The summed E-state index contributed by atoms with van der Waals surface area (Å²) in [6.45, 7) is 4.98. The Kier molecular flexibility index (Phi) is 9.18. The highest BCUT2D eigenvalue weighted by atomic mass is 35.5. The lowest BCUT2D eigenvalue weighted by Crippen LogP contribution is -2.20. The molecule has 0 saturated carbocycles. The van der Waals surface area contributed by atoms with E-state index < -0.39 is 0 Å². The van der Waals surface area contributed by atoms with E-state index in [1.807, 2.05) is 79.1 Å². The van der Waals surface area contributed by atoms with Crippen LogP contribution in [0.3, 0.4) is 0 Å². The lowest BCUT2D eigenvalue weighted by molar-refractivity contribution is -0.118. The number of carbonyl (C=O) groups excluding carboxylic acids is 1. The third-order valence-electron chi connectivity index (χ3n) is 5.09. The number of ether oxygens (including phenoxy) is 2. The number of hydrazone groups is 1. The molecule has 0 unspecified atom stereocenters. The van der Waals surface area contributed by atoms with Crippen LogP contribution in [0.4, 0.5) is 0 Å². The lowest BCUT2D eigenvalue weighted by Gasteiger charge is -2.11. The first kappa shape index (κ1) is 26.2. The molecule has 0 radical (unpaired) electrons. The van der Waals surface area contributed by atoms with Gasteiger partial charge in [-0.15, -0.1) is 10.2 Å². The van der Waals surface area contributed by atoms with Gasteiger partial charge in [0.15, 0.2) is 11.0 Å². The number of nitrogens with zero attached hydrogens (tertiary/aromatic N) is 4. The summed E-state index contributed by atoms with van der Waals surface area (Å²) in [6.07, 6.45) is 1.56. The van der Waals surface area contributed by atoms with Crippen LogP contribution in [0.5, 0.6) is 11.5 Å². The van der Waals surface area contributed by atoms with Crippen molar-refractivity contribution in [3.8, 4) is 28.6 Å². The van der Waals surface area contributed by atoms with Crippen LogP contribution in [-0.4, -0.2) is 45.9 Å². The van der Waals surface area contributed by atoms with Gasteiger partial charge in [-0.3, -0.25) is 9.36 Å². The van der Waals surface area contributed by atoms with Gasteiger partial charge in [-0.05, 0) is 74.5 Å². The molecular formula is C27H26ClN5O3S. The molecule has 1 amide bonds. The molecule has 0 atom stereocenters. The van der Waals surface area contributed by atoms with Crippen molar-refractivity contribution >= 4 is 35.5 Å². The van der Waals surface area contributed by atoms with Crippen molar-refractivity contribution in [1.29, 1.82) is 0 Å². The van der Waals surface area contributed by atoms with E-state index in [4.69, 9.17) is 21.1 Å². The Morgan fingerprint density at radius 2 is 1.73 bits per heavy atom. The Morgan fingerprint density at radius 1 is 1.00 bits per heavy atom. The molecule has 1 heterocycles. The lowest BCUT2D eigenvalue weighted by atomic mass is 10.2.